The van der Waals surface area contributed by atoms with Gasteiger partial charge in [-0.1, -0.05) is 11.6 Å². The van der Waals surface area contributed by atoms with Gasteiger partial charge in [0.1, 0.15) is 16.6 Å². The molecule has 27 heavy (non-hydrogen) atoms. The summed E-state index contributed by atoms with van der Waals surface area (Å²) in [4.78, 5) is 15.0. The Labute approximate surface area is 156 Å². The van der Waals surface area contributed by atoms with Crippen LogP contribution in [0.1, 0.15) is 17.4 Å². The standard InChI is InChI=1S/C14H13ClF4N4O3S/c1-7(14(17,18)19)22-27(25,26)9-6-23(2)12(11(9)15)13(24)21-8-3-4-10(16)20-5-8/h3-7,22H,1-2H3,(H,21,24). The van der Waals surface area contributed by atoms with Crippen molar-refractivity contribution >= 4 is 33.2 Å². The summed E-state index contributed by atoms with van der Waals surface area (Å²) in [7, 11) is -3.36. The van der Waals surface area contributed by atoms with Gasteiger partial charge < -0.3 is 9.88 Å². The summed E-state index contributed by atoms with van der Waals surface area (Å²) >= 11 is 5.94. The van der Waals surface area contributed by atoms with Gasteiger partial charge in [-0.15, -0.1) is 0 Å². The maximum absolute atomic E-state index is 12.8. The van der Waals surface area contributed by atoms with Crippen LogP contribution in [0.15, 0.2) is 29.4 Å². The third kappa shape index (κ3) is 4.76. The molecule has 0 aliphatic heterocycles. The highest BCUT2D eigenvalue weighted by Crippen LogP contribution is 2.29. The number of alkyl halides is 3. The van der Waals surface area contributed by atoms with Gasteiger partial charge in [0, 0.05) is 13.2 Å². The predicted molar refractivity (Wildman–Crippen MR) is 88.4 cm³/mol. The summed E-state index contributed by atoms with van der Waals surface area (Å²) in [6.07, 6.45) is -2.87. The maximum atomic E-state index is 12.8. The Morgan fingerprint density at radius 1 is 1.33 bits per heavy atom. The SMILES string of the molecule is CC(NS(=O)(=O)c1cn(C)c(C(=O)Nc2ccc(F)nc2)c1Cl)C(F)(F)F. The topological polar surface area (TPSA) is 93.1 Å². The highest BCUT2D eigenvalue weighted by Gasteiger charge is 2.40. The first-order valence-electron chi connectivity index (χ1n) is 7.19. The number of nitrogens with one attached hydrogen (secondary N) is 2. The third-order valence-electron chi connectivity index (χ3n) is 3.40. The first-order valence-corrected chi connectivity index (χ1v) is 9.06. The lowest BCUT2D eigenvalue weighted by molar-refractivity contribution is -0.147. The molecule has 2 N–H and O–H groups in total. The minimum atomic E-state index is -4.80. The molecular weight excluding hydrogens is 416 g/mol. The van der Waals surface area contributed by atoms with Crippen molar-refractivity contribution in [3.05, 3.63) is 41.2 Å². The molecule has 0 radical (unpaired) electrons. The fourth-order valence-corrected chi connectivity index (χ4v) is 3.95. The number of carbonyl (C=O) groups is 1. The summed E-state index contributed by atoms with van der Waals surface area (Å²) in [5, 5.41) is 1.77. The second-order valence-corrected chi connectivity index (χ2v) is 7.54. The number of aryl methyl sites for hydroxylation is 1. The molecule has 7 nitrogen and oxygen atoms in total. The number of rotatable bonds is 5. The molecule has 0 saturated heterocycles. The zero-order chi connectivity index (χ0) is 20.6. The van der Waals surface area contributed by atoms with E-state index in [-0.39, 0.29) is 11.4 Å². The van der Waals surface area contributed by atoms with Gasteiger partial charge >= 0.3 is 6.18 Å². The van der Waals surface area contributed by atoms with Crippen molar-refractivity contribution in [3.63, 3.8) is 0 Å². The van der Waals surface area contributed by atoms with Gasteiger partial charge in [0.05, 0.1) is 16.9 Å². The van der Waals surface area contributed by atoms with Gasteiger partial charge in [-0.3, -0.25) is 4.79 Å². The normalized spacial score (nSPS) is 13.4. The van der Waals surface area contributed by atoms with E-state index >= 15 is 0 Å². The van der Waals surface area contributed by atoms with Gasteiger partial charge in [0.25, 0.3) is 5.91 Å². The molecule has 0 fully saturated rings. The Bertz CT molecular complexity index is 958. The predicted octanol–water partition coefficient (Wildman–Crippen LogP) is 2.69. The Balaban J connectivity index is 2.32. The van der Waals surface area contributed by atoms with E-state index in [9.17, 15) is 30.8 Å². The van der Waals surface area contributed by atoms with Crippen LogP contribution >= 0.6 is 11.6 Å². The van der Waals surface area contributed by atoms with Crippen molar-refractivity contribution in [1.82, 2.24) is 14.3 Å². The summed E-state index contributed by atoms with van der Waals surface area (Å²) in [6, 6.07) is -0.164. The van der Waals surface area contributed by atoms with E-state index in [1.54, 1.807) is 0 Å². The lowest BCUT2D eigenvalue weighted by Crippen LogP contribution is -2.42. The minimum Gasteiger partial charge on any atom is -0.344 e. The molecule has 2 heterocycles. The zero-order valence-corrected chi connectivity index (χ0v) is 15.4. The Morgan fingerprint density at radius 2 is 1.96 bits per heavy atom. The largest absolute Gasteiger partial charge is 0.404 e. The quantitative estimate of drug-likeness (QED) is 0.565. The van der Waals surface area contributed by atoms with E-state index in [0.29, 0.717) is 6.92 Å². The van der Waals surface area contributed by atoms with Crippen molar-refractivity contribution in [3.8, 4) is 0 Å². The van der Waals surface area contributed by atoms with Gasteiger partial charge in [-0.25, -0.2) is 13.4 Å². The third-order valence-corrected chi connectivity index (χ3v) is 5.45. The second kappa shape index (κ2) is 7.44. The summed E-state index contributed by atoms with van der Waals surface area (Å²) in [6.45, 7) is 0.629. The van der Waals surface area contributed by atoms with Crippen LogP contribution in [0.4, 0.5) is 23.2 Å². The van der Waals surface area contributed by atoms with Gasteiger partial charge in [0.2, 0.25) is 16.0 Å². The summed E-state index contributed by atoms with van der Waals surface area (Å²) in [5.41, 5.74) is -0.215. The molecule has 0 spiro atoms. The molecule has 13 heteroatoms. The maximum Gasteiger partial charge on any atom is 0.404 e. The number of anilines is 1. The van der Waals surface area contributed by atoms with Gasteiger partial charge in [0.15, 0.2) is 0 Å². The molecule has 0 aromatic carbocycles. The highest BCUT2D eigenvalue weighted by atomic mass is 35.5. The smallest absolute Gasteiger partial charge is 0.344 e. The first kappa shape index (κ1) is 21.1. The average molecular weight is 429 g/mol. The van der Waals surface area contributed by atoms with Crippen LogP contribution in [-0.4, -0.2) is 36.1 Å². The molecular formula is C14H13ClF4N4O3S. The zero-order valence-electron chi connectivity index (χ0n) is 13.8. The van der Waals surface area contributed by atoms with Crippen molar-refractivity contribution in [2.45, 2.75) is 24.0 Å². The summed E-state index contributed by atoms with van der Waals surface area (Å²) < 4.78 is 77.5. The molecule has 2 rings (SSSR count). The van der Waals surface area contributed by atoms with Crippen LogP contribution in [0, 0.1) is 5.95 Å². The van der Waals surface area contributed by atoms with Crippen LogP contribution < -0.4 is 10.0 Å². The van der Waals surface area contributed by atoms with Crippen LogP contribution in [0.2, 0.25) is 5.02 Å². The van der Waals surface area contributed by atoms with Crippen molar-refractivity contribution in [1.29, 1.82) is 0 Å². The summed E-state index contributed by atoms with van der Waals surface area (Å²) in [5.74, 6) is -1.63. The number of hydrogen-bond acceptors (Lipinski definition) is 4. The molecule has 1 amide bonds. The number of pyridine rings is 1. The lowest BCUT2D eigenvalue weighted by Gasteiger charge is -2.16. The van der Waals surface area contributed by atoms with E-state index in [1.165, 1.54) is 17.8 Å². The Kier molecular flexibility index (Phi) is 5.82. The van der Waals surface area contributed by atoms with E-state index in [1.807, 2.05) is 0 Å². The molecule has 1 atom stereocenters. The molecule has 148 valence electrons. The Morgan fingerprint density at radius 3 is 2.48 bits per heavy atom. The van der Waals surface area contributed by atoms with Gasteiger partial charge in [-0.2, -0.15) is 22.3 Å². The number of hydrogen-bond donors (Lipinski definition) is 2. The molecule has 0 bridgehead atoms. The fourth-order valence-electron chi connectivity index (χ4n) is 2.02. The van der Waals surface area contributed by atoms with Crippen molar-refractivity contribution in [2.24, 2.45) is 7.05 Å². The number of halogens is 5. The second-order valence-electron chi connectivity index (χ2n) is 5.48. The number of aromatic nitrogens is 2. The van der Waals surface area contributed by atoms with E-state index in [2.05, 4.69) is 10.3 Å². The number of amides is 1. The molecule has 1 unspecified atom stereocenters. The monoisotopic (exact) mass is 428 g/mol. The van der Waals surface area contributed by atoms with E-state index in [4.69, 9.17) is 11.6 Å². The first-order chi connectivity index (χ1) is 12.3. The van der Waals surface area contributed by atoms with E-state index in [0.717, 1.165) is 23.0 Å². The van der Waals surface area contributed by atoms with Crippen LogP contribution in [0.5, 0.6) is 0 Å². The molecule has 0 saturated carbocycles. The van der Waals surface area contributed by atoms with Gasteiger partial charge in [-0.05, 0) is 19.1 Å². The lowest BCUT2D eigenvalue weighted by atomic mass is 10.3. The van der Waals surface area contributed by atoms with Crippen molar-refractivity contribution < 1.29 is 30.8 Å². The highest BCUT2D eigenvalue weighted by molar-refractivity contribution is 7.89. The number of nitrogens with zero attached hydrogens (tertiary/aromatic N) is 2. The molecule has 0 aliphatic carbocycles. The minimum absolute atomic E-state index is 0.104. The molecule has 2 aromatic heterocycles. The van der Waals surface area contributed by atoms with E-state index < -0.39 is 44.0 Å². The van der Waals surface area contributed by atoms with Crippen molar-refractivity contribution in [2.75, 3.05) is 5.32 Å². The average Bonchev–Trinajstić information content (AvgIpc) is 2.84. The van der Waals surface area contributed by atoms with Crippen LogP contribution in [0.3, 0.4) is 0 Å². The molecule has 0 aliphatic rings. The molecule has 2 aromatic rings. The van der Waals surface area contributed by atoms with Crippen LogP contribution in [-0.2, 0) is 17.1 Å². The number of sulfonamides is 1. The van der Waals surface area contributed by atoms with Crippen LogP contribution in [0.25, 0.3) is 0 Å². The number of carbonyl (C=O) groups excluding carboxylic acids is 1. The fraction of sp³-hybridized carbons (Fsp3) is 0.286. The Hall–Kier alpha value is -2.18.